The van der Waals surface area contributed by atoms with Crippen molar-refractivity contribution < 1.29 is 28.6 Å². The summed E-state index contributed by atoms with van der Waals surface area (Å²) in [6.45, 7) is 6.37. The van der Waals surface area contributed by atoms with E-state index >= 15 is 0 Å². The molecule has 0 saturated heterocycles. The first-order valence-electron chi connectivity index (χ1n) is 23.6. The fourth-order valence-corrected chi connectivity index (χ4v) is 6.10. The zero-order valence-corrected chi connectivity index (χ0v) is 37.5. The van der Waals surface area contributed by atoms with Gasteiger partial charge in [0.15, 0.2) is 6.10 Å². The molecule has 58 heavy (non-hydrogen) atoms. The highest BCUT2D eigenvalue weighted by molar-refractivity contribution is 5.71. The second-order valence-corrected chi connectivity index (χ2v) is 15.3. The third kappa shape index (κ3) is 43.7. The van der Waals surface area contributed by atoms with Crippen molar-refractivity contribution >= 4 is 17.9 Å². The maximum atomic E-state index is 12.7. The molecular weight excluding hydrogens is 721 g/mol. The Labute approximate surface area is 356 Å². The summed E-state index contributed by atoms with van der Waals surface area (Å²) >= 11 is 0. The Balaban J connectivity index is 4.51. The molecule has 1 unspecified atom stereocenters. The second kappa shape index (κ2) is 46.3. The Kier molecular flexibility index (Phi) is 43.6. The van der Waals surface area contributed by atoms with Crippen molar-refractivity contribution in [3.8, 4) is 0 Å². The van der Waals surface area contributed by atoms with E-state index in [0.717, 1.165) is 70.6 Å². The standard InChI is InChI=1S/C52H86O6/c1-4-7-10-13-16-19-22-24-25-26-27-28-31-33-36-39-42-45-51(54)57-48-49(47-56-50(53)44-41-38-35-32-29-21-18-15-12-9-6-3)58-52(55)46-43-40-37-34-30-23-20-17-14-11-8-5-2/h9,12,16,18-19,21,24-25,27-28,32-33,35-36,49H,4-8,10-11,13-15,17,20,22-23,26,29-31,34,37-48H2,1-3H3/b12-9-,19-16-,21-18-,25-24-,28-27-,35-32-,36-33-. The minimum atomic E-state index is -0.815. The molecule has 0 rings (SSSR count). The van der Waals surface area contributed by atoms with Crippen molar-refractivity contribution in [3.63, 3.8) is 0 Å². The quantitative estimate of drug-likeness (QED) is 0.0265. The molecule has 0 radical (unpaired) electrons. The number of rotatable bonds is 41. The minimum absolute atomic E-state index is 0.119. The van der Waals surface area contributed by atoms with Crippen molar-refractivity contribution in [3.05, 3.63) is 85.1 Å². The SMILES string of the molecule is CC/C=C\C/C=C\C/C=C\CCCC(=O)OCC(COC(=O)CCC/C=C\C/C=C\C/C=C\C/C=C\CCCCC)OC(=O)CCCCCCCCCCCCCC. The lowest BCUT2D eigenvalue weighted by atomic mass is 10.0. The summed E-state index contributed by atoms with van der Waals surface area (Å²) in [4.78, 5) is 37.7. The maximum absolute atomic E-state index is 12.7. The van der Waals surface area contributed by atoms with Gasteiger partial charge in [0.25, 0.3) is 0 Å². The number of carbonyl (C=O) groups is 3. The summed E-state index contributed by atoms with van der Waals surface area (Å²) in [5, 5.41) is 0. The lowest BCUT2D eigenvalue weighted by Crippen LogP contribution is -2.30. The van der Waals surface area contributed by atoms with Crippen LogP contribution < -0.4 is 0 Å². The molecule has 0 heterocycles. The molecule has 0 spiro atoms. The number of ether oxygens (including phenoxy) is 3. The molecule has 330 valence electrons. The number of esters is 3. The van der Waals surface area contributed by atoms with Crippen molar-refractivity contribution in [2.45, 2.75) is 213 Å². The second-order valence-electron chi connectivity index (χ2n) is 15.3. The number of hydrogen-bond donors (Lipinski definition) is 0. The number of hydrogen-bond acceptors (Lipinski definition) is 6. The van der Waals surface area contributed by atoms with Crippen LogP contribution >= 0.6 is 0 Å². The van der Waals surface area contributed by atoms with Crippen LogP contribution in [0.1, 0.15) is 207 Å². The smallest absolute Gasteiger partial charge is 0.306 e. The fraction of sp³-hybridized carbons (Fsp3) is 0.673. The maximum Gasteiger partial charge on any atom is 0.306 e. The van der Waals surface area contributed by atoms with E-state index in [1.807, 2.05) is 0 Å². The highest BCUT2D eigenvalue weighted by Gasteiger charge is 2.19. The molecule has 0 amide bonds. The van der Waals surface area contributed by atoms with Gasteiger partial charge in [-0.2, -0.15) is 0 Å². The lowest BCUT2D eigenvalue weighted by molar-refractivity contribution is -0.167. The van der Waals surface area contributed by atoms with E-state index in [1.54, 1.807) is 0 Å². The predicted molar refractivity (Wildman–Crippen MR) is 247 cm³/mol. The summed E-state index contributed by atoms with van der Waals surface area (Å²) in [6.07, 6.45) is 58.6. The molecule has 0 aromatic rings. The number of carbonyl (C=O) groups excluding carboxylic acids is 3. The van der Waals surface area contributed by atoms with E-state index in [2.05, 4.69) is 106 Å². The molecule has 0 aliphatic heterocycles. The van der Waals surface area contributed by atoms with Crippen LogP contribution in [-0.2, 0) is 28.6 Å². The van der Waals surface area contributed by atoms with Crippen LogP contribution in [0.2, 0.25) is 0 Å². The van der Waals surface area contributed by atoms with Gasteiger partial charge >= 0.3 is 17.9 Å². The van der Waals surface area contributed by atoms with Gasteiger partial charge in [0, 0.05) is 19.3 Å². The Morgan fingerprint density at radius 3 is 1.10 bits per heavy atom. The highest BCUT2D eigenvalue weighted by atomic mass is 16.6. The van der Waals surface area contributed by atoms with Gasteiger partial charge in [-0.05, 0) is 83.5 Å². The lowest BCUT2D eigenvalue weighted by Gasteiger charge is -2.18. The number of allylic oxidation sites excluding steroid dienone is 14. The van der Waals surface area contributed by atoms with Crippen LogP contribution in [0.5, 0.6) is 0 Å². The molecular formula is C52H86O6. The topological polar surface area (TPSA) is 78.9 Å². The van der Waals surface area contributed by atoms with Gasteiger partial charge in [-0.3, -0.25) is 14.4 Å². The molecule has 6 nitrogen and oxygen atoms in total. The first-order chi connectivity index (χ1) is 28.5. The molecule has 0 aromatic heterocycles. The predicted octanol–water partition coefficient (Wildman–Crippen LogP) is 15.3. The third-order valence-corrected chi connectivity index (χ3v) is 9.63. The van der Waals surface area contributed by atoms with Crippen LogP contribution in [-0.4, -0.2) is 37.2 Å². The average Bonchev–Trinajstić information content (AvgIpc) is 3.22. The number of unbranched alkanes of at least 4 members (excludes halogenated alkanes) is 16. The molecule has 0 aliphatic rings. The van der Waals surface area contributed by atoms with Gasteiger partial charge in [-0.25, -0.2) is 0 Å². The fourth-order valence-electron chi connectivity index (χ4n) is 6.10. The first-order valence-corrected chi connectivity index (χ1v) is 23.6. The first kappa shape index (κ1) is 54.6. The molecule has 0 bridgehead atoms. The normalized spacial score (nSPS) is 12.8. The molecule has 1 atom stereocenters. The summed E-state index contributed by atoms with van der Waals surface area (Å²) < 4.78 is 16.6. The van der Waals surface area contributed by atoms with Gasteiger partial charge < -0.3 is 14.2 Å². The zero-order chi connectivity index (χ0) is 42.3. The molecule has 0 aromatic carbocycles. The van der Waals surface area contributed by atoms with Crippen LogP contribution in [0.3, 0.4) is 0 Å². The largest absolute Gasteiger partial charge is 0.462 e. The van der Waals surface area contributed by atoms with Crippen molar-refractivity contribution in [1.82, 2.24) is 0 Å². The Morgan fingerprint density at radius 2 is 0.690 bits per heavy atom. The van der Waals surface area contributed by atoms with E-state index in [-0.39, 0.29) is 44.0 Å². The van der Waals surface area contributed by atoms with Crippen molar-refractivity contribution in [1.29, 1.82) is 0 Å². The van der Waals surface area contributed by atoms with E-state index in [1.165, 1.54) is 83.5 Å². The summed E-state index contributed by atoms with van der Waals surface area (Å²) in [6, 6.07) is 0. The van der Waals surface area contributed by atoms with E-state index in [0.29, 0.717) is 19.3 Å². The molecule has 0 N–H and O–H groups in total. The van der Waals surface area contributed by atoms with Crippen LogP contribution in [0, 0.1) is 0 Å². The Morgan fingerprint density at radius 1 is 0.362 bits per heavy atom. The Hall–Kier alpha value is -3.41. The van der Waals surface area contributed by atoms with E-state index < -0.39 is 6.10 Å². The van der Waals surface area contributed by atoms with Crippen molar-refractivity contribution in [2.24, 2.45) is 0 Å². The summed E-state index contributed by atoms with van der Waals surface area (Å²) in [5.41, 5.74) is 0. The van der Waals surface area contributed by atoms with Gasteiger partial charge in [0.05, 0.1) is 0 Å². The molecule has 6 heteroatoms. The zero-order valence-electron chi connectivity index (χ0n) is 37.5. The van der Waals surface area contributed by atoms with Crippen LogP contribution in [0.4, 0.5) is 0 Å². The monoisotopic (exact) mass is 807 g/mol. The summed E-state index contributed by atoms with van der Waals surface area (Å²) in [7, 11) is 0. The van der Waals surface area contributed by atoms with E-state index in [9.17, 15) is 14.4 Å². The Bertz CT molecular complexity index is 1160. The average molecular weight is 807 g/mol. The van der Waals surface area contributed by atoms with Gasteiger partial charge in [-0.1, -0.05) is 189 Å². The van der Waals surface area contributed by atoms with Gasteiger partial charge in [0.2, 0.25) is 0 Å². The van der Waals surface area contributed by atoms with Crippen LogP contribution in [0.25, 0.3) is 0 Å². The van der Waals surface area contributed by atoms with Gasteiger partial charge in [-0.15, -0.1) is 0 Å². The van der Waals surface area contributed by atoms with Gasteiger partial charge in [0.1, 0.15) is 13.2 Å². The van der Waals surface area contributed by atoms with Crippen molar-refractivity contribution in [2.75, 3.05) is 13.2 Å². The summed E-state index contributed by atoms with van der Waals surface area (Å²) in [5.74, 6) is -1.03. The highest BCUT2D eigenvalue weighted by Crippen LogP contribution is 2.14. The third-order valence-electron chi connectivity index (χ3n) is 9.63. The molecule has 0 saturated carbocycles. The molecule has 0 fully saturated rings. The van der Waals surface area contributed by atoms with Crippen LogP contribution in [0.15, 0.2) is 85.1 Å². The van der Waals surface area contributed by atoms with E-state index in [4.69, 9.17) is 14.2 Å². The minimum Gasteiger partial charge on any atom is -0.462 e. The molecule has 0 aliphatic carbocycles.